The fourth-order valence-corrected chi connectivity index (χ4v) is 5.56. The molecule has 0 spiro atoms. The maximum Gasteiger partial charge on any atom is 0.231 e. The van der Waals surface area contributed by atoms with Gasteiger partial charge >= 0.3 is 0 Å². The van der Waals surface area contributed by atoms with Crippen LogP contribution in [-0.2, 0) is 16.1 Å². The number of hydrogen-bond acceptors (Lipinski definition) is 5. The number of carbonyl (C=O) groups excluding carboxylic acids is 2. The van der Waals surface area contributed by atoms with Crippen LogP contribution in [0.4, 0.5) is 5.69 Å². The fourth-order valence-electron chi connectivity index (χ4n) is 5.56. The lowest BCUT2D eigenvalue weighted by atomic mass is 9.80. The molecule has 0 bridgehead atoms. The number of aryl methyl sites for hydroxylation is 3. The molecular formula is C28H35N5O2. The first kappa shape index (κ1) is 23.4. The van der Waals surface area contributed by atoms with Crippen molar-refractivity contribution in [2.75, 3.05) is 5.32 Å². The third-order valence-corrected chi connectivity index (χ3v) is 7.69. The van der Waals surface area contributed by atoms with Crippen molar-refractivity contribution in [2.24, 2.45) is 11.0 Å². The van der Waals surface area contributed by atoms with Crippen LogP contribution in [0.3, 0.4) is 0 Å². The van der Waals surface area contributed by atoms with E-state index in [0.29, 0.717) is 19.4 Å². The SMILES string of the molecule is Cc1ccc(CN2C(=O)C3CCCCC3N3C(CCC(=O)Nc4ccc(C)c(C)c4)=NNC23)cc1. The molecular weight excluding hydrogens is 438 g/mol. The van der Waals surface area contributed by atoms with E-state index in [1.807, 2.05) is 30.0 Å². The van der Waals surface area contributed by atoms with E-state index in [0.717, 1.165) is 48.3 Å². The molecule has 2 fully saturated rings. The molecule has 2 heterocycles. The average Bonchev–Trinajstić information content (AvgIpc) is 3.28. The van der Waals surface area contributed by atoms with Crippen LogP contribution in [0.15, 0.2) is 47.6 Å². The Morgan fingerprint density at radius 2 is 1.83 bits per heavy atom. The minimum Gasteiger partial charge on any atom is -0.326 e. The van der Waals surface area contributed by atoms with Gasteiger partial charge in [0.05, 0.1) is 5.92 Å². The maximum absolute atomic E-state index is 13.5. The summed E-state index contributed by atoms with van der Waals surface area (Å²) in [7, 11) is 0. The molecule has 184 valence electrons. The van der Waals surface area contributed by atoms with Gasteiger partial charge in [0.1, 0.15) is 5.84 Å². The van der Waals surface area contributed by atoms with Gasteiger partial charge in [-0.05, 0) is 62.4 Å². The quantitative estimate of drug-likeness (QED) is 0.651. The lowest BCUT2D eigenvalue weighted by molar-refractivity contribution is -0.156. The summed E-state index contributed by atoms with van der Waals surface area (Å²) in [5.74, 6) is 1.06. The molecule has 0 radical (unpaired) electrons. The van der Waals surface area contributed by atoms with Crippen LogP contribution in [-0.4, -0.2) is 39.8 Å². The molecule has 1 aliphatic carbocycles. The van der Waals surface area contributed by atoms with Gasteiger partial charge < -0.3 is 10.2 Å². The van der Waals surface area contributed by atoms with Crippen molar-refractivity contribution < 1.29 is 9.59 Å². The number of rotatable bonds is 6. The Kier molecular flexibility index (Phi) is 6.50. The zero-order chi connectivity index (χ0) is 24.5. The molecule has 1 saturated heterocycles. The normalized spacial score (nSPS) is 23.3. The number of anilines is 1. The first-order valence-electron chi connectivity index (χ1n) is 12.7. The minimum absolute atomic E-state index is 0.0140. The summed E-state index contributed by atoms with van der Waals surface area (Å²) < 4.78 is 0. The van der Waals surface area contributed by atoms with Gasteiger partial charge in [-0.3, -0.25) is 19.9 Å². The van der Waals surface area contributed by atoms with E-state index in [9.17, 15) is 9.59 Å². The molecule has 2 aromatic carbocycles. The highest BCUT2D eigenvalue weighted by atomic mass is 16.2. The van der Waals surface area contributed by atoms with E-state index in [-0.39, 0.29) is 30.1 Å². The van der Waals surface area contributed by atoms with Gasteiger partial charge in [-0.1, -0.05) is 48.7 Å². The Morgan fingerprint density at radius 3 is 2.60 bits per heavy atom. The van der Waals surface area contributed by atoms with Crippen molar-refractivity contribution in [1.29, 1.82) is 0 Å². The maximum atomic E-state index is 13.5. The second kappa shape index (κ2) is 9.72. The number of amides is 2. The smallest absolute Gasteiger partial charge is 0.231 e. The van der Waals surface area contributed by atoms with E-state index in [4.69, 9.17) is 0 Å². The molecule has 3 aliphatic rings. The molecule has 7 nitrogen and oxygen atoms in total. The highest BCUT2D eigenvalue weighted by Crippen LogP contribution is 2.38. The fraction of sp³-hybridized carbons (Fsp3) is 0.464. The number of carbonyl (C=O) groups is 2. The van der Waals surface area contributed by atoms with Crippen LogP contribution >= 0.6 is 0 Å². The van der Waals surface area contributed by atoms with Crippen molar-refractivity contribution >= 4 is 23.3 Å². The van der Waals surface area contributed by atoms with E-state index in [2.05, 4.69) is 58.9 Å². The van der Waals surface area contributed by atoms with Gasteiger partial charge in [-0.2, -0.15) is 5.10 Å². The minimum atomic E-state index is -0.291. The summed E-state index contributed by atoms with van der Waals surface area (Å²) >= 11 is 0. The molecule has 5 rings (SSSR count). The molecule has 1 saturated carbocycles. The Bertz CT molecular complexity index is 1140. The molecule has 2 N–H and O–H groups in total. The summed E-state index contributed by atoms with van der Waals surface area (Å²) in [6, 6.07) is 14.5. The van der Waals surface area contributed by atoms with Gasteiger partial charge in [-0.25, -0.2) is 0 Å². The number of hydrogen-bond donors (Lipinski definition) is 2. The molecule has 3 atom stereocenters. The lowest BCUT2D eigenvalue weighted by Gasteiger charge is -2.50. The van der Waals surface area contributed by atoms with Gasteiger partial charge in [-0.15, -0.1) is 0 Å². The zero-order valence-corrected chi connectivity index (χ0v) is 20.9. The largest absolute Gasteiger partial charge is 0.326 e. The predicted octanol–water partition coefficient (Wildman–Crippen LogP) is 4.43. The average molecular weight is 474 g/mol. The molecule has 2 amide bonds. The number of nitrogens with zero attached hydrogens (tertiary/aromatic N) is 3. The topological polar surface area (TPSA) is 77.0 Å². The number of nitrogens with one attached hydrogen (secondary N) is 2. The van der Waals surface area contributed by atoms with Crippen molar-refractivity contribution in [3.8, 4) is 0 Å². The molecule has 0 aromatic heterocycles. The van der Waals surface area contributed by atoms with E-state index >= 15 is 0 Å². The van der Waals surface area contributed by atoms with Gasteiger partial charge in [0.15, 0.2) is 6.29 Å². The first-order valence-corrected chi connectivity index (χ1v) is 12.7. The number of amidine groups is 1. The predicted molar refractivity (Wildman–Crippen MR) is 137 cm³/mol. The van der Waals surface area contributed by atoms with E-state index < -0.39 is 0 Å². The molecule has 7 heteroatoms. The standard InChI is InChI=1S/C28H35N5O2/c1-18-8-11-21(12-9-18)17-32-27(35)23-6-4-5-7-24(23)33-25(30-31-28(32)33)14-15-26(34)29-22-13-10-19(2)20(3)16-22/h8-13,16,23-24,28,31H,4-7,14-15,17H2,1-3H3,(H,29,34). The third kappa shape index (κ3) is 4.77. The van der Waals surface area contributed by atoms with Crippen molar-refractivity contribution in [2.45, 2.75) is 78.2 Å². The van der Waals surface area contributed by atoms with Crippen molar-refractivity contribution in [3.63, 3.8) is 0 Å². The zero-order valence-electron chi connectivity index (χ0n) is 20.9. The lowest BCUT2D eigenvalue weighted by Crippen LogP contribution is -2.67. The molecule has 3 unspecified atom stereocenters. The monoisotopic (exact) mass is 473 g/mol. The molecule has 2 aliphatic heterocycles. The Balaban J connectivity index is 1.29. The summed E-state index contributed by atoms with van der Waals surface area (Å²) in [4.78, 5) is 30.5. The second-order valence-electron chi connectivity index (χ2n) is 10.2. The summed E-state index contributed by atoms with van der Waals surface area (Å²) in [5, 5.41) is 7.65. The van der Waals surface area contributed by atoms with Gasteiger partial charge in [0.2, 0.25) is 11.8 Å². The van der Waals surface area contributed by atoms with Crippen LogP contribution in [0.1, 0.15) is 60.8 Å². The highest BCUT2D eigenvalue weighted by Gasteiger charge is 2.50. The Labute approximate surface area is 207 Å². The van der Waals surface area contributed by atoms with Crippen molar-refractivity contribution in [1.82, 2.24) is 15.2 Å². The van der Waals surface area contributed by atoms with Gasteiger partial charge in [0.25, 0.3) is 0 Å². The van der Waals surface area contributed by atoms with Crippen LogP contribution < -0.4 is 10.7 Å². The summed E-state index contributed by atoms with van der Waals surface area (Å²) in [6.07, 6.45) is 4.70. The van der Waals surface area contributed by atoms with Crippen LogP contribution in [0.5, 0.6) is 0 Å². The Hall–Kier alpha value is -3.35. The highest BCUT2D eigenvalue weighted by molar-refractivity contribution is 5.95. The summed E-state index contributed by atoms with van der Waals surface area (Å²) in [5.41, 5.74) is 8.73. The number of benzene rings is 2. The third-order valence-electron chi connectivity index (χ3n) is 7.69. The van der Waals surface area contributed by atoms with Crippen LogP contribution in [0.2, 0.25) is 0 Å². The number of fused-ring (bicyclic) bond motifs is 3. The second-order valence-corrected chi connectivity index (χ2v) is 10.2. The van der Waals surface area contributed by atoms with Crippen molar-refractivity contribution in [3.05, 3.63) is 64.7 Å². The molecule has 2 aromatic rings. The van der Waals surface area contributed by atoms with E-state index in [1.54, 1.807) is 0 Å². The van der Waals surface area contributed by atoms with Gasteiger partial charge in [0, 0.05) is 31.1 Å². The van der Waals surface area contributed by atoms with E-state index in [1.165, 1.54) is 11.1 Å². The summed E-state index contributed by atoms with van der Waals surface area (Å²) in [6.45, 7) is 6.72. The number of hydrazone groups is 1. The Morgan fingerprint density at radius 1 is 1.06 bits per heavy atom. The first-order chi connectivity index (χ1) is 16.9. The van der Waals surface area contributed by atoms with Crippen LogP contribution in [0, 0.1) is 26.7 Å². The molecule has 35 heavy (non-hydrogen) atoms. The van der Waals surface area contributed by atoms with Crippen LogP contribution in [0.25, 0.3) is 0 Å².